The Bertz CT molecular complexity index is 1740. The molecule has 3 aliphatic carbocycles. The highest BCUT2D eigenvalue weighted by molar-refractivity contribution is 6.00. The van der Waals surface area contributed by atoms with E-state index in [0.29, 0.717) is 36.4 Å². The monoisotopic (exact) mass is 850 g/mol. The van der Waals surface area contributed by atoms with Crippen LogP contribution in [0.5, 0.6) is 0 Å². The van der Waals surface area contributed by atoms with E-state index in [9.17, 15) is 9.59 Å². The zero-order valence-electron chi connectivity index (χ0n) is 37.7. The minimum atomic E-state index is -0.684. The molecule has 8 rings (SSSR count). The van der Waals surface area contributed by atoms with Gasteiger partial charge in [-0.2, -0.15) is 0 Å². The van der Waals surface area contributed by atoms with Crippen molar-refractivity contribution in [3.05, 3.63) is 47.5 Å². The average molecular weight is 851 g/mol. The van der Waals surface area contributed by atoms with Gasteiger partial charge in [0, 0.05) is 44.8 Å². The Morgan fingerprint density at radius 1 is 0.836 bits per heavy atom. The molecule has 0 N–H and O–H groups in total. The van der Waals surface area contributed by atoms with Crippen molar-refractivity contribution in [2.24, 2.45) is 35.5 Å². The van der Waals surface area contributed by atoms with Gasteiger partial charge in [0.2, 0.25) is 0 Å². The first-order chi connectivity index (χ1) is 29.4. The Kier molecular flexibility index (Phi) is 13.8. The Hall–Kier alpha value is -2.75. The molecular formula is C48H70N2O11. The fraction of sp³-hybridized carbons (Fsp3) is 0.771. The molecule has 4 heterocycles. The zero-order valence-corrected chi connectivity index (χ0v) is 37.7. The lowest BCUT2D eigenvalue weighted by Crippen LogP contribution is -2.59. The number of carbonyl (C=O) groups is 3. The van der Waals surface area contributed by atoms with Gasteiger partial charge in [-0.05, 0) is 121 Å². The third kappa shape index (κ3) is 8.64. The average Bonchev–Trinajstić information content (AvgIpc) is 3.65. The van der Waals surface area contributed by atoms with Crippen LogP contribution in [0.4, 0.5) is 0 Å². The highest BCUT2D eigenvalue weighted by Gasteiger charge is 2.70. The second-order valence-corrected chi connectivity index (χ2v) is 19.2. The van der Waals surface area contributed by atoms with Crippen molar-refractivity contribution >= 4 is 17.7 Å². The second-order valence-electron chi connectivity index (χ2n) is 19.2. The molecule has 7 aliphatic rings. The number of Topliss-reactive ketones (excluding diaryl/α,β-unsaturated/α-hetero) is 1. The minimum Gasteiger partial charge on any atom is -0.462 e. The molecule has 0 spiro atoms. The summed E-state index contributed by atoms with van der Waals surface area (Å²) in [5.41, 5.74) is 1.32. The predicted molar refractivity (Wildman–Crippen MR) is 225 cm³/mol. The van der Waals surface area contributed by atoms with Crippen LogP contribution in [-0.2, 0) is 47.5 Å². The number of ether oxygens (including phenoxy) is 8. The number of benzene rings is 1. The molecule has 1 aromatic carbocycles. The molecule has 13 heteroatoms. The molecule has 2 saturated carbocycles. The van der Waals surface area contributed by atoms with Gasteiger partial charge in [-0.15, -0.1) is 0 Å². The molecule has 19 atom stereocenters. The van der Waals surface area contributed by atoms with Crippen LogP contribution in [0, 0.1) is 35.5 Å². The van der Waals surface area contributed by atoms with Gasteiger partial charge in [0.25, 0.3) is 5.91 Å². The van der Waals surface area contributed by atoms with E-state index in [1.165, 1.54) is 0 Å². The number of rotatable bonds is 10. The number of methoxy groups -OCH3 is 3. The van der Waals surface area contributed by atoms with Gasteiger partial charge in [0.1, 0.15) is 24.4 Å². The van der Waals surface area contributed by atoms with E-state index in [1.54, 1.807) is 21.3 Å². The Morgan fingerprint density at radius 2 is 1.56 bits per heavy atom. The van der Waals surface area contributed by atoms with Crippen LogP contribution < -0.4 is 0 Å². The van der Waals surface area contributed by atoms with Gasteiger partial charge in [0.15, 0.2) is 18.4 Å². The molecule has 338 valence electrons. The van der Waals surface area contributed by atoms with Gasteiger partial charge in [-0.3, -0.25) is 14.4 Å². The standard InChI is InChI=1S/C48H70N2O11/c1-10-29-17-14-18-37(61-39-20-19-36(49(5)6)26(3)57-39)25(2)43(52)35-23-32-31-21-30(60-48-46(56-9)45(55-8)44(54-7)27(4)58-48)22-34(31)41-42(40(32)33(35)24-38(51)59-29)50(41)47(53)28-15-12-11-13-16-28/h11-13,15-16,23,25-27,29-34,36-37,39-42,44-46,48H,10,14,17-22,24H2,1-9H3/t25-,26?,27?,29+,30+,31+,32+,33-,34-,36+,37+,39+,40-,41+,42-,44+,45-,46?,48+,50?/m1/s1. The number of nitrogens with zero attached hydrogens (tertiary/aromatic N) is 2. The highest BCUT2D eigenvalue weighted by atomic mass is 16.7. The minimum absolute atomic E-state index is 0.00253. The predicted octanol–water partition coefficient (Wildman–Crippen LogP) is 5.82. The number of cyclic esters (lactones) is 1. The fourth-order valence-corrected chi connectivity index (χ4v) is 12.6. The zero-order chi connectivity index (χ0) is 43.3. The van der Waals surface area contributed by atoms with Crippen LogP contribution >= 0.6 is 0 Å². The molecule has 6 fully saturated rings. The van der Waals surface area contributed by atoms with Crippen molar-refractivity contribution in [2.45, 2.75) is 165 Å². The summed E-state index contributed by atoms with van der Waals surface area (Å²) in [5, 5.41) is 0. The van der Waals surface area contributed by atoms with Crippen LogP contribution in [0.15, 0.2) is 42.0 Å². The molecule has 4 saturated heterocycles. The molecule has 4 aliphatic heterocycles. The smallest absolute Gasteiger partial charge is 0.306 e. The van der Waals surface area contributed by atoms with Crippen LogP contribution in [0.25, 0.3) is 0 Å². The first-order valence-electron chi connectivity index (χ1n) is 23.1. The Balaban J connectivity index is 1.11. The number of hydrogen-bond donors (Lipinski definition) is 0. The molecule has 1 aromatic rings. The fourth-order valence-electron chi connectivity index (χ4n) is 12.6. The van der Waals surface area contributed by atoms with Crippen molar-refractivity contribution in [3.63, 3.8) is 0 Å². The van der Waals surface area contributed by atoms with E-state index < -0.39 is 36.6 Å². The summed E-state index contributed by atoms with van der Waals surface area (Å²) in [4.78, 5) is 47.9. The molecule has 0 aromatic heterocycles. The number of fused-ring (bicyclic) bond motifs is 8. The van der Waals surface area contributed by atoms with Crippen LogP contribution in [0.2, 0.25) is 0 Å². The topological polar surface area (TPSA) is 131 Å². The number of esters is 1. The normalized spacial score (nSPS) is 43.9. The Labute approximate surface area is 362 Å². The number of carbonyl (C=O) groups excluding carboxylic acids is 3. The molecule has 0 bridgehead atoms. The number of amides is 1. The first-order valence-corrected chi connectivity index (χ1v) is 23.1. The van der Waals surface area contributed by atoms with Gasteiger partial charge in [-0.1, -0.05) is 38.1 Å². The molecule has 1 amide bonds. The Morgan fingerprint density at radius 3 is 2.23 bits per heavy atom. The third-order valence-corrected chi connectivity index (χ3v) is 15.7. The summed E-state index contributed by atoms with van der Waals surface area (Å²) >= 11 is 0. The maximum atomic E-state index is 15.2. The van der Waals surface area contributed by atoms with Crippen LogP contribution in [0.3, 0.4) is 0 Å². The molecular weight excluding hydrogens is 781 g/mol. The lowest BCUT2D eigenvalue weighted by molar-refractivity contribution is -0.314. The van der Waals surface area contributed by atoms with Gasteiger partial charge >= 0.3 is 5.97 Å². The maximum absolute atomic E-state index is 15.2. The van der Waals surface area contributed by atoms with Gasteiger partial charge in [0.05, 0.1) is 42.9 Å². The van der Waals surface area contributed by atoms with Gasteiger partial charge < -0.3 is 47.7 Å². The summed E-state index contributed by atoms with van der Waals surface area (Å²) in [6, 6.07) is 9.57. The van der Waals surface area contributed by atoms with Crippen molar-refractivity contribution in [2.75, 3.05) is 35.4 Å². The van der Waals surface area contributed by atoms with Crippen molar-refractivity contribution < 1.29 is 52.3 Å². The SMILES string of the molecule is CC[C@H]1CCC[C@H](O[C@H]2CC[C@H](N(C)C)C(C)O2)[C@@H](C)C(=O)C2=C[C@H]3[C@@H]4C[C@H](O[C@@H]5OC(C)[C@H](OC)[C@@H](OC)C5OC)C[C@H]4[C@H]4[C@@H]([C@H]3[C@@H]2CC(=O)O1)N4C(=O)c1ccccc1. The number of allylic oxidation sites excluding steroid dienone is 2. The summed E-state index contributed by atoms with van der Waals surface area (Å²) in [6.07, 6.45) is 4.90. The second kappa shape index (κ2) is 18.8. The first kappa shape index (κ1) is 44.8. The number of ketones is 1. The summed E-state index contributed by atoms with van der Waals surface area (Å²) in [6.45, 7) is 8.11. The van der Waals surface area contributed by atoms with Crippen molar-refractivity contribution in [3.8, 4) is 0 Å². The number of likely N-dealkylation sites (tertiary alicyclic amines) is 1. The van der Waals surface area contributed by atoms with Crippen LogP contribution in [-0.4, -0.2) is 142 Å². The van der Waals surface area contributed by atoms with E-state index in [2.05, 4.69) is 43.8 Å². The van der Waals surface area contributed by atoms with Crippen molar-refractivity contribution in [1.82, 2.24) is 9.80 Å². The summed E-state index contributed by atoms with van der Waals surface area (Å²) in [5.74, 6) is -1.04. The van der Waals surface area contributed by atoms with E-state index in [4.69, 9.17) is 37.9 Å². The van der Waals surface area contributed by atoms with Crippen molar-refractivity contribution in [1.29, 1.82) is 0 Å². The van der Waals surface area contributed by atoms with E-state index in [0.717, 1.165) is 32.1 Å². The molecule has 3 unspecified atom stereocenters. The molecule has 61 heavy (non-hydrogen) atoms. The highest BCUT2D eigenvalue weighted by Crippen LogP contribution is 2.64. The lowest BCUT2D eigenvalue weighted by atomic mass is 9.66. The summed E-state index contributed by atoms with van der Waals surface area (Å²) < 4.78 is 50.3. The molecule has 0 radical (unpaired) electrons. The maximum Gasteiger partial charge on any atom is 0.306 e. The van der Waals surface area contributed by atoms with Gasteiger partial charge in [-0.25, -0.2) is 0 Å². The lowest BCUT2D eigenvalue weighted by Gasteiger charge is -2.44. The third-order valence-electron chi connectivity index (χ3n) is 15.7. The number of likely N-dealkylation sites (N-methyl/N-ethyl adjacent to an activating group) is 1. The van der Waals surface area contributed by atoms with E-state index in [-0.39, 0.29) is 96.5 Å². The van der Waals surface area contributed by atoms with E-state index >= 15 is 4.79 Å². The number of hydrogen-bond acceptors (Lipinski definition) is 12. The van der Waals surface area contributed by atoms with E-state index in [1.807, 2.05) is 44.2 Å². The quantitative estimate of drug-likeness (QED) is 0.208. The van der Waals surface area contributed by atoms with Crippen LogP contribution in [0.1, 0.15) is 95.8 Å². The largest absolute Gasteiger partial charge is 0.462 e. The molecule has 13 nitrogen and oxygen atoms in total. The summed E-state index contributed by atoms with van der Waals surface area (Å²) in [7, 11) is 9.09.